The Labute approximate surface area is 373 Å². The van der Waals surface area contributed by atoms with Gasteiger partial charge in [0.25, 0.3) is 0 Å². The van der Waals surface area contributed by atoms with Crippen LogP contribution in [0.3, 0.4) is 0 Å². The highest BCUT2D eigenvalue weighted by atomic mass is 16.6. The van der Waals surface area contributed by atoms with Gasteiger partial charge < -0.3 is 14.2 Å². The SMILES string of the molecule is CCCCC/C=C\CCCCCCCC(=O)O[C@@H](COC(=O)CCCCCCCCC/C=C\CCCCCCCCCC)COC(=O)CCCCCCCCCCCCC. The molecule has 0 aromatic rings. The van der Waals surface area contributed by atoms with E-state index in [9.17, 15) is 14.4 Å². The van der Waals surface area contributed by atoms with Gasteiger partial charge in [-0.2, -0.15) is 0 Å². The van der Waals surface area contributed by atoms with E-state index in [-0.39, 0.29) is 31.1 Å². The van der Waals surface area contributed by atoms with Crippen LogP contribution in [0, 0.1) is 0 Å². The summed E-state index contributed by atoms with van der Waals surface area (Å²) in [6.45, 7) is 6.62. The van der Waals surface area contributed by atoms with Gasteiger partial charge in [-0.1, -0.05) is 218 Å². The van der Waals surface area contributed by atoms with Crippen molar-refractivity contribution in [2.24, 2.45) is 0 Å². The van der Waals surface area contributed by atoms with E-state index in [1.807, 2.05) is 0 Å². The Morgan fingerprint density at radius 1 is 0.317 bits per heavy atom. The molecule has 0 bridgehead atoms. The Kier molecular flexibility index (Phi) is 47.8. The van der Waals surface area contributed by atoms with Gasteiger partial charge in [0.15, 0.2) is 6.10 Å². The Morgan fingerprint density at radius 3 is 0.867 bits per heavy atom. The number of hydrogen-bond acceptors (Lipinski definition) is 6. The fourth-order valence-corrected chi connectivity index (χ4v) is 7.67. The molecule has 0 aromatic heterocycles. The van der Waals surface area contributed by atoms with Gasteiger partial charge in [-0.25, -0.2) is 0 Å². The first-order chi connectivity index (χ1) is 29.5. The third-order valence-electron chi connectivity index (χ3n) is 11.7. The molecule has 6 nitrogen and oxygen atoms in total. The van der Waals surface area contributed by atoms with Crippen LogP contribution in [0.2, 0.25) is 0 Å². The number of rotatable bonds is 48. The fourth-order valence-electron chi connectivity index (χ4n) is 7.67. The van der Waals surface area contributed by atoms with Gasteiger partial charge in [0, 0.05) is 19.3 Å². The number of hydrogen-bond donors (Lipinski definition) is 0. The first-order valence-electron chi connectivity index (χ1n) is 26.3. The standard InChI is InChI=1S/C54H100O6/c1-4-7-10-13-16-19-22-24-25-26-27-28-29-30-33-35-38-41-44-47-53(56)59-50-51(49-58-52(55)46-43-40-37-34-31-21-18-15-12-9-6-3)60-54(57)48-45-42-39-36-32-23-20-17-14-11-8-5-2/h17,20,26-27,51H,4-16,18-19,21-25,28-50H2,1-3H3/b20-17-,27-26-/t51-/m1/s1. The van der Waals surface area contributed by atoms with Crippen LogP contribution in [0.5, 0.6) is 0 Å². The molecular weight excluding hydrogens is 745 g/mol. The molecule has 0 spiro atoms. The van der Waals surface area contributed by atoms with Crippen LogP contribution >= 0.6 is 0 Å². The lowest BCUT2D eigenvalue weighted by Crippen LogP contribution is -2.30. The van der Waals surface area contributed by atoms with Crippen LogP contribution in [-0.4, -0.2) is 37.2 Å². The molecule has 0 heterocycles. The zero-order valence-electron chi connectivity index (χ0n) is 40.2. The van der Waals surface area contributed by atoms with E-state index in [4.69, 9.17) is 14.2 Å². The largest absolute Gasteiger partial charge is 0.462 e. The summed E-state index contributed by atoms with van der Waals surface area (Å²) in [5.74, 6) is -0.875. The average molecular weight is 845 g/mol. The highest BCUT2D eigenvalue weighted by Crippen LogP contribution is 2.15. The third-order valence-corrected chi connectivity index (χ3v) is 11.7. The summed E-state index contributed by atoms with van der Waals surface area (Å²) in [5.41, 5.74) is 0. The van der Waals surface area contributed by atoms with E-state index in [1.54, 1.807) is 0 Å². The lowest BCUT2D eigenvalue weighted by Gasteiger charge is -2.18. The van der Waals surface area contributed by atoms with Crippen molar-refractivity contribution in [3.05, 3.63) is 24.3 Å². The topological polar surface area (TPSA) is 78.9 Å². The number of allylic oxidation sites excluding steroid dienone is 4. The van der Waals surface area contributed by atoms with E-state index in [2.05, 4.69) is 45.1 Å². The van der Waals surface area contributed by atoms with Gasteiger partial charge in [-0.3, -0.25) is 14.4 Å². The van der Waals surface area contributed by atoms with Crippen molar-refractivity contribution in [2.75, 3.05) is 13.2 Å². The summed E-state index contributed by atoms with van der Waals surface area (Å²) < 4.78 is 16.8. The first kappa shape index (κ1) is 57.9. The Hall–Kier alpha value is -2.11. The lowest BCUT2D eigenvalue weighted by atomic mass is 10.1. The number of ether oxygens (including phenoxy) is 3. The molecule has 0 unspecified atom stereocenters. The zero-order chi connectivity index (χ0) is 43.7. The Morgan fingerprint density at radius 2 is 0.550 bits per heavy atom. The quantitative estimate of drug-likeness (QED) is 0.0263. The minimum atomic E-state index is -0.771. The van der Waals surface area contributed by atoms with Gasteiger partial charge in [-0.15, -0.1) is 0 Å². The predicted molar refractivity (Wildman–Crippen MR) is 256 cm³/mol. The third kappa shape index (κ3) is 46.9. The maximum atomic E-state index is 12.8. The summed E-state index contributed by atoms with van der Waals surface area (Å²) in [5, 5.41) is 0. The van der Waals surface area contributed by atoms with Crippen molar-refractivity contribution < 1.29 is 28.6 Å². The molecule has 0 aromatic carbocycles. The van der Waals surface area contributed by atoms with Crippen molar-refractivity contribution in [1.29, 1.82) is 0 Å². The molecule has 352 valence electrons. The second-order valence-electron chi connectivity index (χ2n) is 17.8. The molecule has 0 aliphatic carbocycles. The number of unbranched alkanes of at least 4 members (excludes halogenated alkanes) is 33. The van der Waals surface area contributed by atoms with Crippen LogP contribution in [-0.2, 0) is 28.6 Å². The number of esters is 3. The molecule has 0 rings (SSSR count). The second kappa shape index (κ2) is 49.5. The summed E-state index contributed by atoms with van der Waals surface area (Å²) in [7, 11) is 0. The normalized spacial score (nSPS) is 12.1. The highest BCUT2D eigenvalue weighted by molar-refractivity contribution is 5.71. The highest BCUT2D eigenvalue weighted by Gasteiger charge is 2.19. The smallest absolute Gasteiger partial charge is 0.306 e. The minimum Gasteiger partial charge on any atom is -0.462 e. The van der Waals surface area contributed by atoms with Crippen LogP contribution in [0.15, 0.2) is 24.3 Å². The molecule has 0 saturated carbocycles. The van der Waals surface area contributed by atoms with Crippen molar-refractivity contribution in [2.45, 2.75) is 290 Å². The van der Waals surface area contributed by atoms with Gasteiger partial charge >= 0.3 is 17.9 Å². The first-order valence-corrected chi connectivity index (χ1v) is 26.3. The van der Waals surface area contributed by atoms with Crippen LogP contribution in [0.25, 0.3) is 0 Å². The number of carbonyl (C=O) groups excluding carboxylic acids is 3. The van der Waals surface area contributed by atoms with Crippen molar-refractivity contribution in [1.82, 2.24) is 0 Å². The monoisotopic (exact) mass is 845 g/mol. The summed E-state index contributed by atoms with van der Waals surface area (Å²) in [6.07, 6.45) is 55.9. The van der Waals surface area contributed by atoms with Crippen molar-refractivity contribution in [3.63, 3.8) is 0 Å². The number of carbonyl (C=O) groups is 3. The molecule has 0 N–H and O–H groups in total. The molecule has 0 amide bonds. The van der Waals surface area contributed by atoms with Gasteiger partial charge in [0.05, 0.1) is 0 Å². The summed E-state index contributed by atoms with van der Waals surface area (Å²) >= 11 is 0. The predicted octanol–water partition coefficient (Wildman–Crippen LogP) is 17.2. The van der Waals surface area contributed by atoms with Crippen LogP contribution < -0.4 is 0 Å². The van der Waals surface area contributed by atoms with E-state index < -0.39 is 6.10 Å². The molecule has 6 heteroatoms. The van der Waals surface area contributed by atoms with Crippen LogP contribution in [0.1, 0.15) is 284 Å². The maximum absolute atomic E-state index is 12.8. The van der Waals surface area contributed by atoms with Crippen molar-refractivity contribution in [3.8, 4) is 0 Å². The Balaban J connectivity index is 4.29. The van der Waals surface area contributed by atoms with E-state index in [1.165, 1.54) is 180 Å². The van der Waals surface area contributed by atoms with E-state index in [0.717, 1.165) is 64.2 Å². The molecule has 0 saturated heterocycles. The summed E-state index contributed by atoms with van der Waals surface area (Å²) in [6, 6.07) is 0. The second-order valence-corrected chi connectivity index (χ2v) is 17.8. The Bertz CT molecular complexity index is 973. The molecule has 0 aliphatic heterocycles. The molecule has 1 atom stereocenters. The minimum absolute atomic E-state index is 0.0725. The lowest BCUT2D eigenvalue weighted by molar-refractivity contribution is -0.167. The van der Waals surface area contributed by atoms with Crippen LogP contribution in [0.4, 0.5) is 0 Å². The fraction of sp³-hybridized carbons (Fsp3) is 0.870. The van der Waals surface area contributed by atoms with E-state index >= 15 is 0 Å². The molecular formula is C54H100O6. The molecule has 60 heavy (non-hydrogen) atoms. The molecule has 0 radical (unpaired) electrons. The maximum Gasteiger partial charge on any atom is 0.306 e. The van der Waals surface area contributed by atoms with Gasteiger partial charge in [0.2, 0.25) is 0 Å². The van der Waals surface area contributed by atoms with Crippen molar-refractivity contribution >= 4 is 17.9 Å². The molecule has 0 fully saturated rings. The van der Waals surface area contributed by atoms with Gasteiger partial charge in [0.1, 0.15) is 13.2 Å². The average Bonchev–Trinajstić information content (AvgIpc) is 3.24. The molecule has 0 aliphatic rings. The zero-order valence-corrected chi connectivity index (χ0v) is 40.2. The summed E-state index contributed by atoms with van der Waals surface area (Å²) in [4.78, 5) is 37.9. The van der Waals surface area contributed by atoms with E-state index in [0.29, 0.717) is 19.3 Å². The van der Waals surface area contributed by atoms with Gasteiger partial charge in [-0.05, 0) is 70.6 Å².